The first-order valence-electron chi connectivity index (χ1n) is 9.20. The van der Waals surface area contributed by atoms with E-state index in [1.54, 1.807) is 24.3 Å². The van der Waals surface area contributed by atoms with Crippen LogP contribution in [0.4, 0.5) is 5.69 Å². The lowest BCUT2D eigenvalue weighted by Crippen LogP contribution is -2.39. The summed E-state index contributed by atoms with van der Waals surface area (Å²) >= 11 is 1.25. The zero-order valence-corrected chi connectivity index (χ0v) is 15.9. The van der Waals surface area contributed by atoms with E-state index in [1.165, 1.54) is 37.9 Å². The minimum atomic E-state index is -0.122. The molecule has 2 saturated carbocycles. The normalized spacial score (nSPS) is 23.4. The third-order valence-electron chi connectivity index (χ3n) is 5.27. The molecule has 0 spiro atoms. The van der Waals surface area contributed by atoms with Crippen molar-refractivity contribution in [2.45, 2.75) is 43.9 Å². The molecule has 8 heteroatoms. The highest BCUT2D eigenvalue weighted by Gasteiger charge is 2.40. The fourth-order valence-electron chi connectivity index (χ4n) is 4.08. The summed E-state index contributed by atoms with van der Waals surface area (Å²) in [4.78, 5) is 23.3. The maximum absolute atomic E-state index is 12.2. The van der Waals surface area contributed by atoms with Crippen molar-refractivity contribution in [3.05, 3.63) is 24.3 Å². The Labute approximate surface area is 161 Å². The van der Waals surface area contributed by atoms with Crippen molar-refractivity contribution >= 4 is 29.3 Å². The number of benzene rings is 1. The molecule has 7 nitrogen and oxygen atoms in total. The van der Waals surface area contributed by atoms with Crippen LogP contribution in [0.3, 0.4) is 0 Å². The first-order valence-corrected chi connectivity index (χ1v) is 10.2. The molecule has 0 radical (unpaired) electrons. The van der Waals surface area contributed by atoms with Crippen molar-refractivity contribution < 1.29 is 14.0 Å². The van der Waals surface area contributed by atoms with E-state index in [9.17, 15) is 9.59 Å². The van der Waals surface area contributed by atoms with Crippen molar-refractivity contribution in [2.24, 2.45) is 11.8 Å². The van der Waals surface area contributed by atoms with Gasteiger partial charge in [0.15, 0.2) is 0 Å². The zero-order valence-electron chi connectivity index (χ0n) is 15.1. The standard InChI is InChI=1S/C19H22N4O3S/c1-11(24)20-15-6-4-13(5-7-15)18-22-23-19(26-18)27-10-17(25)21-16-9-12-2-3-14(16)8-12/h4-7,12,14,16H,2-3,8-10H2,1H3,(H,20,24)(H,21,25)/t12-,14-,16+/m0/s1. The van der Waals surface area contributed by atoms with Crippen LogP contribution in [0.1, 0.15) is 32.6 Å². The molecule has 0 saturated heterocycles. The molecule has 0 unspecified atom stereocenters. The molecular formula is C19H22N4O3S. The average molecular weight is 386 g/mol. The van der Waals surface area contributed by atoms with Gasteiger partial charge in [-0.3, -0.25) is 9.59 Å². The predicted molar refractivity (Wildman–Crippen MR) is 102 cm³/mol. The summed E-state index contributed by atoms with van der Waals surface area (Å²) in [6, 6.07) is 7.49. The number of rotatable bonds is 6. The van der Waals surface area contributed by atoms with Gasteiger partial charge in [-0.15, -0.1) is 10.2 Å². The van der Waals surface area contributed by atoms with Gasteiger partial charge in [-0.25, -0.2) is 0 Å². The van der Waals surface area contributed by atoms with Crippen molar-refractivity contribution in [3.63, 3.8) is 0 Å². The molecular weight excluding hydrogens is 364 g/mol. The van der Waals surface area contributed by atoms with E-state index in [2.05, 4.69) is 20.8 Å². The maximum atomic E-state index is 12.2. The Morgan fingerprint density at radius 1 is 1.19 bits per heavy atom. The SMILES string of the molecule is CC(=O)Nc1ccc(-c2nnc(SCC(=O)N[C@@H]3C[C@H]4CC[C@H]3C4)o2)cc1. The third kappa shape index (κ3) is 4.32. The summed E-state index contributed by atoms with van der Waals surface area (Å²) in [5.74, 6) is 2.04. The van der Waals surface area contributed by atoms with Crippen LogP contribution in [0.2, 0.25) is 0 Å². The largest absolute Gasteiger partial charge is 0.411 e. The molecule has 0 aliphatic heterocycles. The van der Waals surface area contributed by atoms with Gasteiger partial charge in [0.25, 0.3) is 5.22 Å². The number of hydrogen-bond donors (Lipinski definition) is 2. The molecule has 2 N–H and O–H groups in total. The van der Waals surface area contributed by atoms with Gasteiger partial charge in [-0.1, -0.05) is 18.2 Å². The van der Waals surface area contributed by atoms with Gasteiger partial charge in [-0.05, 0) is 55.4 Å². The van der Waals surface area contributed by atoms with Crippen molar-refractivity contribution in [1.82, 2.24) is 15.5 Å². The second-order valence-electron chi connectivity index (χ2n) is 7.27. The maximum Gasteiger partial charge on any atom is 0.277 e. The molecule has 2 aliphatic rings. The first kappa shape index (κ1) is 18.0. The number of aromatic nitrogens is 2. The van der Waals surface area contributed by atoms with Gasteiger partial charge < -0.3 is 15.1 Å². The van der Waals surface area contributed by atoms with E-state index in [0.717, 1.165) is 17.9 Å². The summed E-state index contributed by atoms with van der Waals surface area (Å²) in [6.07, 6.45) is 4.96. The van der Waals surface area contributed by atoms with Gasteiger partial charge in [0.2, 0.25) is 17.7 Å². The number of anilines is 1. The molecule has 2 bridgehead atoms. The summed E-state index contributed by atoms with van der Waals surface area (Å²) in [5, 5.41) is 14.3. The van der Waals surface area contributed by atoms with Crippen LogP contribution in [0.15, 0.2) is 33.9 Å². The molecule has 1 heterocycles. The highest BCUT2D eigenvalue weighted by molar-refractivity contribution is 7.99. The molecule has 1 aromatic carbocycles. The number of nitrogens with one attached hydrogen (secondary N) is 2. The van der Waals surface area contributed by atoms with Crippen LogP contribution >= 0.6 is 11.8 Å². The number of fused-ring (bicyclic) bond motifs is 2. The van der Waals surface area contributed by atoms with E-state index in [-0.39, 0.29) is 17.6 Å². The number of carbonyl (C=O) groups excluding carboxylic acids is 2. The fraction of sp³-hybridized carbons (Fsp3) is 0.474. The Morgan fingerprint density at radius 2 is 2.00 bits per heavy atom. The van der Waals surface area contributed by atoms with Crippen LogP contribution in [0, 0.1) is 11.8 Å². The number of thioether (sulfide) groups is 1. The Balaban J connectivity index is 1.29. The number of carbonyl (C=O) groups is 2. The molecule has 1 aromatic heterocycles. The molecule has 4 rings (SSSR count). The lowest BCUT2D eigenvalue weighted by atomic mass is 9.95. The van der Waals surface area contributed by atoms with Crippen molar-refractivity contribution in [1.29, 1.82) is 0 Å². The van der Waals surface area contributed by atoms with Crippen LogP contribution in [-0.2, 0) is 9.59 Å². The molecule has 2 aliphatic carbocycles. The van der Waals surface area contributed by atoms with Gasteiger partial charge in [0, 0.05) is 24.2 Å². The molecule has 2 fully saturated rings. The van der Waals surface area contributed by atoms with Gasteiger partial charge in [0.1, 0.15) is 0 Å². The minimum absolute atomic E-state index is 0.0250. The quantitative estimate of drug-likeness (QED) is 0.741. The number of amides is 2. The smallest absolute Gasteiger partial charge is 0.277 e. The highest BCUT2D eigenvalue weighted by Crippen LogP contribution is 2.44. The summed E-state index contributed by atoms with van der Waals surface area (Å²) in [7, 11) is 0. The Bertz CT molecular complexity index is 836. The minimum Gasteiger partial charge on any atom is -0.411 e. The van der Waals surface area contributed by atoms with Crippen LogP contribution < -0.4 is 10.6 Å². The fourth-order valence-corrected chi connectivity index (χ4v) is 4.66. The van der Waals surface area contributed by atoms with Crippen LogP contribution in [-0.4, -0.2) is 33.8 Å². The molecule has 142 valence electrons. The average Bonchev–Trinajstić information content (AvgIpc) is 3.37. The molecule has 27 heavy (non-hydrogen) atoms. The molecule has 2 aromatic rings. The number of nitrogens with zero attached hydrogens (tertiary/aromatic N) is 2. The van der Waals surface area contributed by atoms with E-state index >= 15 is 0 Å². The van der Waals surface area contributed by atoms with E-state index in [4.69, 9.17) is 4.42 Å². The summed E-state index contributed by atoms with van der Waals surface area (Å²) in [5.41, 5.74) is 1.47. The lowest BCUT2D eigenvalue weighted by molar-refractivity contribution is -0.119. The second-order valence-corrected chi connectivity index (χ2v) is 8.20. The van der Waals surface area contributed by atoms with Crippen LogP contribution in [0.25, 0.3) is 11.5 Å². The first-order chi connectivity index (χ1) is 13.1. The van der Waals surface area contributed by atoms with Gasteiger partial charge in [0.05, 0.1) is 5.75 Å². The monoisotopic (exact) mass is 386 g/mol. The lowest BCUT2D eigenvalue weighted by Gasteiger charge is -2.22. The molecule has 2 amide bonds. The van der Waals surface area contributed by atoms with Crippen molar-refractivity contribution in [2.75, 3.05) is 11.1 Å². The second kappa shape index (κ2) is 7.72. The van der Waals surface area contributed by atoms with E-state index < -0.39 is 0 Å². The molecule has 3 atom stereocenters. The van der Waals surface area contributed by atoms with E-state index in [0.29, 0.717) is 28.8 Å². The Kier molecular flexibility index (Phi) is 5.15. The highest BCUT2D eigenvalue weighted by atomic mass is 32.2. The third-order valence-corrected chi connectivity index (χ3v) is 6.09. The van der Waals surface area contributed by atoms with Crippen LogP contribution in [0.5, 0.6) is 0 Å². The van der Waals surface area contributed by atoms with Gasteiger partial charge >= 0.3 is 0 Å². The topological polar surface area (TPSA) is 97.1 Å². The van der Waals surface area contributed by atoms with Crippen molar-refractivity contribution in [3.8, 4) is 11.5 Å². The predicted octanol–water partition coefficient (Wildman–Crippen LogP) is 3.09. The van der Waals surface area contributed by atoms with Gasteiger partial charge in [-0.2, -0.15) is 0 Å². The summed E-state index contributed by atoms with van der Waals surface area (Å²) < 4.78 is 5.63. The van der Waals surface area contributed by atoms with E-state index in [1.807, 2.05) is 0 Å². The summed E-state index contributed by atoms with van der Waals surface area (Å²) in [6.45, 7) is 1.46. The Morgan fingerprint density at radius 3 is 2.67 bits per heavy atom. The zero-order chi connectivity index (χ0) is 18.8. The Hall–Kier alpha value is -2.35. The number of hydrogen-bond acceptors (Lipinski definition) is 6.